The summed E-state index contributed by atoms with van der Waals surface area (Å²) in [7, 11) is 0. The molecule has 2 fully saturated rings. The van der Waals surface area contributed by atoms with E-state index in [0.29, 0.717) is 47.0 Å². The van der Waals surface area contributed by atoms with Gasteiger partial charge in [0.05, 0.1) is 37.6 Å². The van der Waals surface area contributed by atoms with Crippen molar-refractivity contribution in [3.63, 3.8) is 0 Å². The van der Waals surface area contributed by atoms with Crippen molar-refractivity contribution in [2.75, 3.05) is 33.0 Å². The van der Waals surface area contributed by atoms with Crippen molar-refractivity contribution in [2.24, 2.45) is 23.2 Å². The normalized spacial score (nSPS) is 20.3. The Morgan fingerprint density at radius 3 is 2.02 bits per heavy atom. The highest BCUT2D eigenvalue weighted by molar-refractivity contribution is 5.91. The van der Waals surface area contributed by atoms with Crippen LogP contribution in [0.4, 0.5) is 0 Å². The summed E-state index contributed by atoms with van der Waals surface area (Å²) >= 11 is 0. The molecule has 3 atom stereocenters. The Kier molecular flexibility index (Phi) is 12.1. The van der Waals surface area contributed by atoms with E-state index in [4.69, 9.17) is 23.7 Å². The molecular weight excluding hydrogens is 592 g/mol. The van der Waals surface area contributed by atoms with Crippen molar-refractivity contribution in [3.05, 3.63) is 83.9 Å². The van der Waals surface area contributed by atoms with Gasteiger partial charge in [0.2, 0.25) is 0 Å². The van der Waals surface area contributed by atoms with Gasteiger partial charge in [0.15, 0.2) is 0 Å². The second-order valence-corrected chi connectivity index (χ2v) is 13.7. The first-order chi connectivity index (χ1) is 22.7. The first-order valence-corrected chi connectivity index (χ1v) is 17.3. The van der Waals surface area contributed by atoms with Crippen LogP contribution in [0.15, 0.2) is 72.8 Å². The maximum atomic E-state index is 13.0. The summed E-state index contributed by atoms with van der Waals surface area (Å²) in [4.78, 5) is 25.7. The fraction of sp³-hybridized carbons (Fsp3) is 0.500. The highest BCUT2D eigenvalue weighted by Crippen LogP contribution is 2.36. The lowest BCUT2D eigenvalue weighted by Gasteiger charge is -2.40. The van der Waals surface area contributed by atoms with Crippen LogP contribution in [0.5, 0.6) is 11.5 Å². The molecule has 1 aliphatic heterocycles. The van der Waals surface area contributed by atoms with E-state index in [-0.39, 0.29) is 17.5 Å². The Morgan fingerprint density at radius 2 is 1.40 bits per heavy atom. The van der Waals surface area contributed by atoms with Crippen LogP contribution >= 0.6 is 0 Å². The fourth-order valence-corrected chi connectivity index (χ4v) is 6.39. The minimum atomic E-state index is -0.432. The first kappa shape index (κ1) is 34.6. The maximum Gasteiger partial charge on any atom is 0.343 e. The number of unbranched alkanes of at least 4 members (excludes halogenated alkanes) is 1. The summed E-state index contributed by atoms with van der Waals surface area (Å²) < 4.78 is 28.6. The Balaban J connectivity index is 1.04. The summed E-state index contributed by atoms with van der Waals surface area (Å²) in [6, 6.07) is 21.8. The second-order valence-electron chi connectivity index (χ2n) is 13.7. The highest BCUT2D eigenvalue weighted by Gasteiger charge is 2.37. The molecule has 0 spiro atoms. The fourth-order valence-electron chi connectivity index (χ4n) is 6.39. The first-order valence-electron chi connectivity index (χ1n) is 17.3. The summed E-state index contributed by atoms with van der Waals surface area (Å²) in [5.74, 6) is 1.95. The summed E-state index contributed by atoms with van der Waals surface area (Å²) in [6.07, 6.45) is 6.11. The molecule has 5 rings (SSSR count). The summed E-state index contributed by atoms with van der Waals surface area (Å²) in [5, 5.41) is 0. The van der Waals surface area contributed by atoms with Gasteiger partial charge in [-0.05, 0) is 110 Å². The van der Waals surface area contributed by atoms with Crippen molar-refractivity contribution in [2.45, 2.75) is 72.3 Å². The van der Waals surface area contributed by atoms with E-state index in [2.05, 4.69) is 27.7 Å². The van der Waals surface area contributed by atoms with E-state index < -0.39 is 5.97 Å². The maximum absolute atomic E-state index is 13.0. The van der Waals surface area contributed by atoms with Crippen molar-refractivity contribution >= 4 is 11.9 Å². The molecule has 47 heavy (non-hydrogen) atoms. The van der Waals surface area contributed by atoms with Crippen LogP contribution in [-0.4, -0.2) is 51.1 Å². The molecule has 1 heterocycles. The minimum Gasteiger partial charge on any atom is -0.494 e. The molecule has 0 radical (unpaired) electrons. The number of rotatable bonds is 15. The number of esters is 2. The molecule has 1 saturated heterocycles. The van der Waals surface area contributed by atoms with Gasteiger partial charge in [-0.15, -0.1) is 0 Å². The zero-order valence-electron chi connectivity index (χ0n) is 28.4. The smallest absolute Gasteiger partial charge is 0.343 e. The van der Waals surface area contributed by atoms with Gasteiger partial charge in [0.1, 0.15) is 17.6 Å². The number of carbonyl (C=O) groups is 2. The van der Waals surface area contributed by atoms with Gasteiger partial charge in [-0.3, -0.25) is 0 Å². The number of hydrogen-bond acceptors (Lipinski definition) is 7. The van der Waals surface area contributed by atoms with Crippen molar-refractivity contribution in [3.8, 4) is 22.6 Å². The topological polar surface area (TPSA) is 80.3 Å². The number of hydrogen-bond donors (Lipinski definition) is 0. The van der Waals surface area contributed by atoms with Crippen molar-refractivity contribution < 1.29 is 33.3 Å². The molecule has 252 valence electrons. The zero-order chi connectivity index (χ0) is 33.2. The van der Waals surface area contributed by atoms with E-state index in [9.17, 15) is 9.59 Å². The molecule has 3 aromatic rings. The SMILES string of the molecule is CCC1(COCCCCOc2ccc(C(=O)Oc3ccc(-c4ccc(C(=O)OC5CC(C)CCC5C(C)C)cc4)cc3)cc2)COC1. The lowest BCUT2D eigenvalue weighted by molar-refractivity contribution is -0.150. The van der Waals surface area contributed by atoms with E-state index in [1.165, 1.54) is 6.42 Å². The molecule has 7 nitrogen and oxygen atoms in total. The van der Waals surface area contributed by atoms with E-state index in [1.807, 2.05) is 36.4 Å². The molecule has 0 aromatic heterocycles. The molecule has 3 unspecified atom stereocenters. The molecular formula is C40H50O7. The van der Waals surface area contributed by atoms with Crippen LogP contribution in [0.25, 0.3) is 11.1 Å². The summed E-state index contributed by atoms with van der Waals surface area (Å²) in [6.45, 7) is 12.5. The molecule has 0 amide bonds. The third-order valence-electron chi connectivity index (χ3n) is 9.76. The lowest BCUT2D eigenvalue weighted by atomic mass is 9.75. The van der Waals surface area contributed by atoms with Crippen molar-refractivity contribution in [1.29, 1.82) is 0 Å². The number of carbonyl (C=O) groups excluding carboxylic acids is 2. The molecule has 1 saturated carbocycles. The quantitative estimate of drug-likeness (QED) is 0.0931. The van der Waals surface area contributed by atoms with E-state index in [1.54, 1.807) is 36.4 Å². The van der Waals surface area contributed by atoms with E-state index in [0.717, 1.165) is 69.7 Å². The molecule has 0 bridgehead atoms. The van der Waals surface area contributed by atoms with Crippen LogP contribution in [0.2, 0.25) is 0 Å². The van der Waals surface area contributed by atoms with Crippen LogP contribution in [0.3, 0.4) is 0 Å². The lowest BCUT2D eigenvalue weighted by Crippen LogP contribution is -2.45. The van der Waals surface area contributed by atoms with Crippen LogP contribution in [0.1, 0.15) is 86.9 Å². The molecule has 7 heteroatoms. The largest absolute Gasteiger partial charge is 0.494 e. The van der Waals surface area contributed by atoms with Crippen LogP contribution < -0.4 is 9.47 Å². The van der Waals surface area contributed by atoms with Gasteiger partial charge < -0.3 is 23.7 Å². The number of benzene rings is 3. The van der Waals surface area contributed by atoms with Crippen LogP contribution in [0, 0.1) is 23.2 Å². The number of ether oxygens (including phenoxy) is 5. The average Bonchev–Trinajstić information content (AvgIpc) is 3.06. The predicted octanol–water partition coefficient (Wildman–Crippen LogP) is 8.79. The third kappa shape index (κ3) is 9.45. The van der Waals surface area contributed by atoms with Gasteiger partial charge in [-0.2, -0.15) is 0 Å². The Labute approximate surface area is 279 Å². The standard InChI is InChI=1S/C40H50O7/c1-5-40(26-44-27-40)25-43-22-6-7-23-45-34-17-15-33(16-18-34)38(41)46-35-19-13-31(14-20-35)30-9-11-32(12-10-30)39(42)47-37-24-29(4)8-21-36(37)28(2)3/h9-20,28-29,36-37H,5-8,21-27H2,1-4H3. The Bertz CT molecular complexity index is 1420. The molecule has 3 aromatic carbocycles. The van der Waals surface area contributed by atoms with Crippen LogP contribution in [-0.2, 0) is 14.2 Å². The van der Waals surface area contributed by atoms with Gasteiger partial charge in [-0.1, -0.05) is 58.4 Å². The average molecular weight is 643 g/mol. The highest BCUT2D eigenvalue weighted by atomic mass is 16.5. The van der Waals surface area contributed by atoms with Gasteiger partial charge in [0.25, 0.3) is 0 Å². The molecule has 2 aliphatic rings. The van der Waals surface area contributed by atoms with Crippen molar-refractivity contribution in [1.82, 2.24) is 0 Å². The predicted molar refractivity (Wildman–Crippen MR) is 183 cm³/mol. The van der Waals surface area contributed by atoms with Gasteiger partial charge >= 0.3 is 11.9 Å². The minimum absolute atomic E-state index is 0.0280. The molecule has 0 N–H and O–H groups in total. The van der Waals surface area contributed by atoms with Gasteiger partial charge in [-0.25, -0.2) is 9.59 Å². The van der Waals surface area contributed by atoms with Gasteiger partial charge in [0, 0.05) is 12.0 Å². The Morgan fingerprint density at radius 1 is 0.809 bits per heavy atom. The zero-order valence-corrected chi connectivity index (χ0v) is 28.4. The third-order valence-corrected chi connectivity index (χ3v) is 9.76. The molecule has 1 aliphatic carbocycles. The summed E-state index contributed by atoms with van der Waals surface area (Å²) in [5.41, 5.74) is 3.14. The Hall–Kier alpha value is -3.68. The van der Waals surface area contributed by atoms with E-state index >= 15 is 0 Å². The monoisotopic (exact) mass is 642 g/mol. The second kappa shape index (κ2) is 16.4.